The van der Waals surface area contributed by atoms with Gasteiger partial charge in [-0.2, -0.15) is 0 Å². The SMILES string of the molecule is CCC(C)C(NC(=O)C(CC(N)=O)NC(=O)C(N)CCC(=O)O)C(=O)NC(C(=O)O)C(C)O. The number of nitrogens with one attached hydrogen (secondary N) is 3. The summed E-state index contributed by atoms with van der Waals surface area (Å²) in [6.45, 7) is 4.48. The second-order valence-electron chi connectivity index (χ2n) is 7.71. The summed E-state index contributed by atoms with van der Waals surface area (Å²) in [4.78, 5) is 71.0. The summed E-state index contributed by atoms with van der Waals surface area (Å²) >= 11 is 0. The average Bonchev–Trinajstić information content (AvgIpc) is 2.71. The number of nitrogens with two attached hydrogens (primary N) is 2. The third kappa shape index (κ3) is 10.7. The fraction of sp³-hybridized carbons (Fsp3) is 0.684. The lowest BCUT2D eigenvalue weighted by Crippen LogP contribution is -2.60. The molecule has 0 aromatic rings. The van der Waals surface area contributed by atoms with Crippen molar-refractivity contribution in [1.29, 1.82) is 0 Å². The molecule has 14 nitrogen and oxygen atoms in total. The first-order chi connectivity index (χ1) is 15.2. The van der Waals surface area contributed by atoms with Gasteiger partial charge >= 0.3 is 11.9 Å². The van der Waals surface area contributed by atoms with E-state index in [0.29, 0.717) is 6.42 Å². The molecule has 0 aromatic heterocycles. The Hall–Kier alpha value is -3.26. The van der Waals surface area contributed by atoms with Crippen molar-refractivity contribution in [3.8, 4) is 0 Å². The molecule has 33 heavy (non-hydrogen) atoms. The summed E-state index contributed by atoms with van der Waals surface area (Å²) in [5.41, 5.74) is 10.7. The molecule has 0 rings (SSSR count). The van der Waals surface area contributed by atoms with Crippen molar-refractivity contribution < 1.29 is 44.1 Å². The zero-order chi connectivity index (χ0) is 25.9. The van der Waals surface area contributed by atoms with E-state index < -0.39 is 84.6 Å². The summed E-state index contributed by atoms with van der Waals surface area (Å²) in [7, 11) is 0. The summed E-state index contributed by atoms with van der Waals surface area (Å²) in [5, 5.41) is 34.2. The highest BCUT2D eigenvalue weighted by Gasteiger charge is 2.34. The number of amides is 4. The molecule has 0 aromatic carbocycles. The molecule has 6 atom stereocenters. The van der Waals surface area contributed by atoms with Gasteiger partial charge in [0.25, 0.3) is 0 Å². The third-order valence-corrected chi connectivity index (χ3v) is 4.88. The van der Waals surface area contributed by atoms with Crippen molar-refractivity contribution in [1.82, 2.24) is 16.0 Å². The standard InChI is InChI=1S/C19H33N5O9/c1-4-8(2)14(18(31)24-15(9(3)25)19(32)33)23-17(30)11(7-12(21)26)22-16(29)10(20)5-6-13(27)28/h8-11,14-15,25H,4-7,20H2,1-3H3,(H2,21,26)(H,22,29)(H,23,30)(H,24,31)(H,27,28)(H,32,33). The van der Waals surface area contributed by atoms with Crippen molar-refractivity contribution in [3.05, 3.63) is 0 Å². The predicted molar refractivity (Wildman–Crippen MR) is 113 cm³/mol. The summed E-state index contributed by atoms with van der Waals surface area (Å²) in [6.07, 6.45) is -2.29. The molecule has 0 bridgehead atoms. The minimum atomic E-state index is -1.63. The number of carbonyl (C=O) groups excluding carboxylic acids is 4. The molecule has 0 radical (unpaired) electrons. The second-order valence-corrected chi connectivity index (χ2v) is 7.71. The minimum absolute atomic E-state index is 0.222. The van der Waals surface area contributed by atoms with Crippen LogP contribution in [0.3, 0.4) is 0 Å². The summed E-state index contributed by atoms with van der Waals surface area (Å²) < 4.78 is 0. The van der Waals surface area contributed by atoms with Crippen LogP contribution in [0.5, 0.6) is 0 Å². The Morgan fingerprint density at radius 1 is 0.879 bits per heavy atom. The number of primary amides is 1. The lowest BCUT2D eigenvalue weighted by Gasteiger charge is -2.28. The maximum atomic E-state index is 12.8. The topological polar surface area (TPSA) is 251 Å². The number of carbonyl (C=O) groups is 6. The van der Waals surface area contributed by atoms with E-state index in [1.807, 2.05) is 0 Å². The van der Waals surface area contributed by atoms with Gasteiger partial charge in [-0.15, -0.1) is 0 Å². The molecule has 0 aliphatic carbocycles. The number of aliphatic hydroxyl groups is 1. The van der Waals surface area contributed by atoms with E-state index >= 15 is 0 Å². The van der Waals surface area contributed by atoms with E-state index in [1.165, 1.54) is 6.92 Å². The number of carboxylic acids is 2. The molecule has 0 saturated carbocycles. The molecule has 0 aliphatic rings. The Bertz CT molecular complexity index is 743. The van der Waals surface area contributed by atoms with Gasteiger partial charge in [0, 0.05) is 6.42 Å². The zero-order valence-electron chi connectivity index (χ0n) is 18.7. The van der Waals surface area contributed by atoms with Gasteiger partial charge in [0.2, 0.25) is 23.6 Å². The van der Waals surface area contributed by atoms with E-state index in [1.54, 1.807) is 13.8 Å². The van der Waals surface area contributed by atoms with Crippen LogP contribution in [0, 0.1) is 5.92 Å². The molecule has 0 saturated heterocycles. The van der Waals surface area contributed by atoms with E-state index in [0.717, 1.165) is 0 Å². The maximum Gasteiger partial charge on any atom is 0.328 e. The second kappa shape index (κ2) is 14.0. The molecule has 4 amide bonds. The Balaban J connectivity index is 5.54. The number of hydrogen-bond donors (Lipinski definition) is 8. The quantitative estimate of drug-likeness (QED) is 0.119. The molecule has 0 heterocycles. The summed E-state index contributed by atoms with van der Waals surface area (Å²) in [6, 6.07) is -5.69. The number of carboxylic acid groups (broad SMARTS) is 2. The number of hydrogen-bond acceptors (Lipinski definition) is 8. The molecule has 6 unspecified atom stereocenters. The molecule has 0 spiro atoms. The third-order valence-electron chi connectivity index (χ3n) is 4.88. The van der Waals surface area contributed by atoms with Crippen molar-refractivity contribution in [2.45, 2.75) is 76.7 Å². The molecule has 10 N–H and O–H groups in total. The van der Waals surface area contributed by atoms with Crippen LogP contribution in [0.2, 0.25) is 0 Å². The summed E-state index contributed by atoms with van der Waals surface area (Å²) in [5.74, 6) is -6.86. The van der Waals surface area contributed by atoms with Gasteiger partial charge in [-0.05, 0) is 19.3 Å². The van der Waals surface area contributed by atoms with Crippen LogP contribution >= 0.6 is 0 Å². The van der Waals surface area contributed by atoms with E-state index in [4.69, 9.17) is 21.7 Å². The highest BCUT2D eigenvalue weighted by molar-refractivity contribution is 5.96. The zero-order valence-corrected chi connectivity index (χ0v) is 18.7. The monoisotopic (exact) mass is 475 g/mol. The first-order valence-corrected chi connectivity index (χ1v) is 10.3. The van der Waals surface area contributed by atoms with Gasteiger partial charge in [0.05, 0.1) is 18.6 Å². The van der Waals surface area contributed by atoms with Crippen LogP contribution in [0.15, 0.2) is 0 Å². The fourth-order valence-corrected chi connectivity index (χ4v) is 2.69. The fourth-order valence-electron chi connectivity index (χ4n) is 2.69. The predicted octanol–water partition coefficient (Wildman–Crippen LogP) is -2.98. The number of aliphatic hydroxyl groups excluding tert-OH is 1. The van der Waals surface area contributed by atoms with Crippen molar-refractivity contribution in [2.75, 3.05) is 0 Å². The van der Waals surface area contributed by atoms with Crippen molar-refractivity contribution >= 4 is 35.6 Å². The first kappa shape index (κ1) is 29.7. The van der Waals surface area contributed by atoms with Gasteiger partial charge < -0.3 is 42.7 Å². The van der Waals surface area contributed by atoms with Crippen molar-refractivity contribution in [2.24, 2.45) is 17.4 Å². The first-order valence-electron chi connectivity index (χ1n) is 10.3. The Kier molecular flexibility index (Phi) is 12.6. The van der Waals surface area contributed by atoms with Crippen LogP contribution < -0.4 is 27.4 Å². The Morgan fingerprint density at radius 3 is 1.85 bits per heavy atom. The molecular formula is C19H33N5O9. The number of rotatable bonds is 15. The normalized spacial score (nSPS) is 16.3. The van der Waals surface area contributed by atoms with Gasteiger partial charge in [-0.3, -0.25) is 24.0 Å². The molecular weight excluding hydrogens is 442 g/mol. The maximum absolute atomic E-state index is 12.8. The molecule has 188 valence electrons. The van der Waals surface area contributed by atoms with Crippen LogP contribution in [-0.4, -0.2) is 81.2 Å². The van der Waals surface area contributed by atoms with Crippen LogP contribution in [0.4, 0.5) is 0 Å². The smallest absolute Gasteiger partial charge is 0.328 e. The van der Waals surface area contributed by atoms with E-state index in [9.17, 15) is 33.9 Å². The van der Waals surface area contributed by atoms with Crippen LogP contribution in [-0.2, 0) is 28.8 Å². The van der Waals surface area contributed by atoms with E-state index in [-0.39, 0.29) is 6.42 Å². The highest BCUT2D eigenvalue weighted by Crippen LogP contribution is 2.10. The van der Waals surface area contributed by atoms with Gasteiger partial charge in [0.1, 0.15) is 12.1 Å². The lowest BCUT2D eigenvalue weighted by molar-refractivity contribution is -0.145. The molecule has 0 fully saturated rings. The van der Waals surface area contributed by atoms with Crippen LogP contribution in [0.25, 0.3) is 0 Å². The minimum Gasteiger partial charge on any atom is -0.481 e. The van der Waals surface area contributed by atoms with E-state index in [2.05, 4.69) is 16.0 Å². The lowest BCUT2D eigenvalue weighted by atomic mass is 9.97. The van der Waals surface area contributed by atoms with Gasteiger partial charge in [-0.1, -0.05) is 20.3 Å². The highest BCUT2D eigenvalue weighted by atomic mass is 16.4. The largest absolute Gasteiger partial charge is 0.481 e. The molecule has 0 aliphatic heterocycles. The van der Waals surface area contributed by atoms with Gasteiger partial charge in [0.15, 0.2) is 6.04 Å². The molecule has 14 heteroatoms. The van der Waals surface area contributed by atoms with Gasteiger partial charge in [-0.25, -0.2) is 4.79 Å². The average molecular weight is 475 g/mol. The van der Waals surface area contributed by atoms with Crippen molar-refractivity contribution in [3.63, 3.8) is 0 Å². The number of aliphatic carboxylic acids is 2. The van der Waals surface area contributed by atoms with Crippen LogP contribution in [0.1, 0.15) is 46.5 Å². The Morgan fingerprint density at radius 2 is 1.42 bits per heavy atom. The Labute approximate surface area is 190 Å².